The Balaban J connectivity index is 2.18. The lowest BCUT2D eigenvalue weighted by molar-refractivity contribution is 0.775. The molecule has 3 aliphatic rings. The van der Waals surface area contributed by atoms with Crippen LogP contribution in [0.25, 0.3) is 0 Å². The van der Waals surface area contributed by atoms with Gasteiger partial charge in [-0.15, -0.1) is 0 Å². The summed E-state index contributed by atoms with van der Waals surface area (Å²) in [5.74, 6) is 0.587. The van der Waals surface area contributed by atoms with Crippen molar-refractivity contribution in [2.24, 2.45) is 15.9 Å². The van der Waals surface area contributed by atoms with Crippen LogP contribution in [0.2, 0.25) is 0 Å². The SMILES string of the molecule is C1=CC2=CN=CC3CC23N=C1. The Morgan fingerprint density at radius 2 is 2.55 bits per heavy atom. The number of hydrogen-bond acceptors (Lipinski definition) is 2. The molecule has 1 aliphatic carbocycles. The normalized spacial score (nSPS) is 42.9. The van der Waals surface area contributed by atoms with Crippen LogP contribution in [0.1, 0.15) is 6.42 Å². The van der Waals surface area contributed by atoms with Crippen LogP contribution in [0.4, 0.5) is 0 Å². The van der Waals surface area contributed by atoms with Crippen molar-refractivity contribution in [2.45, 2.75) is 12.0 Å². The maximum atomic E-state index is 4.49. The molecule has 1 fully saturated rings. The Morgan fingerprint density at radius 1 is 1.55 bits per heavy atom. The van der Waals surface area contributed by atoms with Crippen LogP contribution in [0.5, 0.6) is 0 Å². The van der Waals surface area contributed by atoms with Crippen LogP contribution in [0.15, 0.2) is 33.9 Å². The van der Waals surface area contributed by atoms with Gasteiger partial charge in [-0.3, -0.25) is 9.98 Å². The molecular formula is C9H8N2. The molecule has 0 saturated heterocycles. The van der Waals surface area contributed by atoms with Crippen molar-refractivity contribution in [3.63, 3.8) is 0 Å². The number of hydrogen-bond donors (Lipinski definition) is 0. The topological polar surface area (TPSA) is 24.7 Å². The van der Waals surface area contributed by atoms with Crippen LogP contribution < -0.4 is 0 Å². The predicted octanol–water partition coefficient (Wildman–Crippen LogP) is 1.35. The maximum absolute atomic E-state index is 4.49. The van der Waals surface area contributed by atoms with Crippen molar-refractivity contribution >= 4 is 12.4 Å². The lowest BCUT2D eigenvalue weighted by Crippen LogP contribution is -2.16. The molecule has 0 aromatic rings. The third-order valence-electron chi connectivity index (χ3n) is 2.63. The van der Waals surface area contributed by atoms with Crippen LogP contribution >= 0.6 is 0 Å². The first-order valence-electron chi connectivity index (χ1n) is 3.88. The van der Waals surface area contributed by atoms with Gasteiger partial charge in [0.2, 0.25) is 0 Å². The standard InChI is InChI=1S/C9H8N2/c1-2-7-5-10-6-8-4-9(7,8)11-3-1/h1-3,5-6,8H,4H2. The third-order valence-corrected chi connectivity index (χ3v) is 2.63. The van der Waals surface area contributed by atoms with Gasteiger partial charge in [0.1, 0.15) is 0 Å². The maximum Gasteiger partial charge on any atom is 0.0956 e. The second-order valence-electron chi connectivity index (χ2n) is 3.25. The second-order valence-corrected chi connectivity index (χ2v) is 3.25. The van der Waals surface area contributed by atoms with Crippen molar-refractivity contribution in [1.82, 2.24) is 0 Å². The van der Waals surface area contributed by atoms with E-state index in [4.69, 9.17) is 0 Å². The van der Waals surface area contributed by atoms with E-state index in [0.29, 0.717) is 5.92 Å². The molecule has 2 nitrogen and oxygen atoms in total. The molecule has 3 rings (SSSR count). The number of nitrogens with zero attached hydrogens (tertiary/aromatic N) is 2. The smallest absolute Gasteiger partial charge is 0.0956 e. The highest BCUT2D eigenvalue weighted by atomic mass is 15.0. The average molecular weight is 144 g/mol. The van der Waals surface area contributed by atoms with Crippen molar-refractivity contribution in [3.8, 4) is 0 Å². The molecule has 2 heterocycles. The van der Waals surface area contributed by atoms with E-state index in [-0.39, 0.29) is 5.54 Å². The molecule has 1 saturated carbocycles. The van der Waals surface area contributed by atoms with E-state index >= 15 is 0 Å². The van der Waals surface area contributed by atoms with Gasteiger partial charge in [-0.1, -0.05) is 6.08 Å². The second kappa shape index (κ2) is 1.52. The highest BCUT2D eigenvalue weighted by Crippen LogP contribution is 2.54. The largest absolute Gasteiger partial charge is 0.281 e. The van der Waals surface area contributed by atoms with E-state index in [2.05, 4.69) is 16.1 Å². The molecule has 2 aliphatic heterocycles. The molecule has 2 atom stereocenters. The summed E-state index contributed by atoms with van der Waals surface area (Å²) < 4.78 is 0. The molecule has 11 heavy (non-hydrogen) atoms. The minimum Gasteiger partial charge on any atom is -0.281 e. The summed E-state index contributed by atoms with van der Waals surface area (Å²) >= 11 is 0. The Morgan fingerprint density at radius 3 is 3.45 bits per heavy atom. The minimum absolute atomic E-state index is 0.135. The van der Waals surface area contributed by atoms with Gasteiger partial charge >= 0.3 is 0 Å². The number of allylic oxidation sites excluding steroid dienone is 1. The van der Waals surface area contributed by atoms with Crippen molar-refractivity contribution in [3.05, 3.63) is 23.9 Å². The molecule has 54 valence electrons. The van der Waals surface area contributed by atoms with Crippen LogP contribution in [-0.2, 0) is 0 Å². The van der Waals surface area contributed by atoms with Crippen LogP contribution in [0.3, 0.4) is 0 Å². The number of rotatable bonds is 0. The summed E-state index contributed by atoms with van der Waals surface area (Å²) in [6.07, 6.45) is 11.1. The lowest BCUT2D eigenvalue weighted by atomic mass is 10.0. The van der Waals surface area contributed by atoms with Gasteiger partial charge in [-0.25, -0.2) is 0 Å². The van der Waals surface area contributed by atoms with Crippen LogP contribution in [-0.4, -0.2) is 18.0 Å². The molecular weight excluding hydrogens is 136 g/mol. The summed E-state index contributed by atoms with van der Waals surface area (Å²) in [4.78, 5) is 8.65. The van der Waals surface area contributed by atoms with E-state index in [1.165, 1.54) is 5.57 Å². The lowest BCUT2D eigenvalue weighted by Gasteiger charge is -2.16. The summed E-state index contributed by atoms with van der Waals surface area (Å²) in [6.45, 7) is 0. The molecule has 0 radical (unpaired) electrons. The van der Waals surface area contributed by atoms with Gasteiger partial charge in [0, 0.05) is 24.5 Å². The number of aliphatic imine (C=N–C) groups is 2. The van der Waals surface area contributed by atoms with E-state index < -0.39 is 0 Å². The van der Waals surface area contributed by atoms with Gasteiger partial charge in [0.05, 0.1) is 5.54 Å². The summed E-state index contributed by atoms with van der Waals surface area (Å²) in [7, 11) is 0. The van der Waals surface area contributed by atoms with Crippen molar-refractivity contribution in [1.29, 1.82) is 0 Å². The zero-order valence-corrected chi connectivity index (χ0v) is 6.07. The zero-order chi connectivity index (χ0) is 7.31. The van der Waals surface area contributed by atoms with Gasteiger partial charge < -0.3 is 0 Å². The summed E-state index contributed by atoms with van der Waals surface area (Å²) in [5.41, 5.74) is 1.42. The van der Waals surface area contributed by atoms with Gasteiger partial charge in [0.25, 0.3) is 0 Å². The molecule has 0 bridgehead atoms. The molecule has 0 aromatic carbocycles. The van der Waals surface area contributed by atoms with Crippen molar-refractivity contribution < 1.29 is 0 Å². The average Bonchev–Trinajstić information content (AvgIpc) is 2.75. The highest BCUT2D eigenvalue weighted by Gasteiger charge is 2.56. The summed E-state index contributed by atoms with van der Waals surface area (Å²) in [5, 5.41) is 0. The van der Waals surface area contributed by atoms with Crippen molar-refractivity contribution in [2.75, 3.05) is 0 Å². The Bertz CT molecular complexity index is 322. The molecule has 2 heteroatoms. The van der Waals surface area contributed by atoms with Gasteiger partial charge in [-0.2, -0.15) is 0 Å². The molecule has 0 aromatic heterocycles. The zero-order valence-electron chi connectivity index (χ0n) is 6.07. The fraction of sp³-hybridized carbons (Fsp3) is 0.333. The Labute approximate surface area is 65.1 Å². The molecule has 1 spiro atoms. The van der Waals surface area contributed by atoms with Crippen LogP contribution in [0, 0.1) is 5.92 Å². The molecule has 2 unspecified atom stereocenters. The van der Waals surface area contributed by atoms with E-state index in [0.717, 1.165) is 6.42 Å². The fourth-order valence-electron chi connectivity index (χ4n) is 1.86. The van der Waals surface area contributed by atoms with E-state index in [1.807, 2.05) is 24.7 Å². The minimum atomic E-state index is 0.135. The van der Waals surface area contributed by atoms with E-state index in [1.54, 1.807) is 0 Å². The first-order chi connectivity index (χ1) is 5.42. The van der Waals surface area contributed by atoms with E-state index in [9.17, 15) is 0 Å². The molecule has 0 N–H and O–H groups in total. The Hall–Kier alpha value is -1.18. The fourth-order valence-corrected chi connectivity index (χ4v) is 1.86. The summed E-state index contributed by atoms with van der Waals surface area (Å²) in [6, 6.07) is 0. The monoisotopic (exact) mass is 144 g/mol. The third kappa shape index (κ3) is 0.530. The van der Waals surface area contributed by atoms with Gasteiger partial charge in [0.15, 0.2) is 0 Å². The Kier molecular flexibility index (Phi) is 0.757. The predicted molar refractivity (Wildman–Crippen MR) is 45.0 cm³/mol. The molecule has 0 amide bonds. The first kappa shape index (κ1) is 5.47. The first-order valence-corrected chi connectivity index (χ1v) is 3.88. The highest BCUT2D eigenvalue weighted by molar-refractivity contribution is 5.82. The number of dihydropyridines is 1. The quantitative estimate of drug-likeness (QED) is 0.490. The van der Waals surface area contributed by atoms with Gasteiger partial charge in [-0.05, 0) is 18.1 Å².